The molecule has 1 fully saturated rings. The Morgan fingerprint density at radius 2 is 2.26 bits per heavy atom. The minimum Gasteiger partial charge on any atom is -0.311 e. The van der Waals surface area contributed by atoms with E-state index in [1.54, 1.807) is 0 Å². The summed E-state index contributed by atoms with van der Waals surface area (Å²) in [5.74, 6) is 2.29. The topological polar surface area (TPSA) is 29.9 Å². The van der Waals surface area contributed by atoms with E-state index in [4.69, 9.17) is 11.6 Å². The van der Waals surface area contributed by atoms with Gasteiger partial charge in [0.05, 0.1) is 5.69 Å². The van der Waals surface area contributed by atoms with Gasteiger partial charge in [-0.1, -0.05) is 13.3 Å². The quantitative estimate of drug-likeness (QED) is 0.775. The summed E-state index contributed by atoms with van der Waals surface area (Å²) in [7, 11) is 0. The summed E-state index contributed by atoms with van der Waals surface area (Å²) < 4.78 is 2.06. The van der Waals surface area contributed by atoms with Crippen molar-refractivity contribution in [3.8, 4) is 0 Å². The normalized spacial score (nSPS) is 24.8. The molecule has 4 heteroatoms. The van der Waals surface area contributed by atoms with Gasteiger partial charge in [-0.05, 0) is 50.6 Å². The lowest BCUT2D eigenvalue weighted by atomic mass is 9.98. The molecule has 1 aromatic heterocycles. The largest absolute Gasteiger partial charge is 0.311 e. The highest BCUT2D eigenvalue weighted by molar-refractivity contribution is 6.18. The second-order valence-corrected chi connectivity index (χ2v) is 6.09. The fraction of sp³-hybridized carbons (Fsp3) is 0.800. The molecule has 108 valence electrons. The SMILES string of the molecule is CCC(C)n1ccc(CNCC2CCCC2CCl)n1. The van der Waals surface area contributed by atoms with Crippen LogP contribution in [-0.4, -0.2) is 22.2 Å². The minimum atomic E-state index is 0.490. The third-order valence-corrected chi connectivity index (χ3v) is 4.83. The Bertz CT molecular complexity index is 377. The summed E-state index contributed by atoms with van der Waals surface area (Å²) in [4.78, 5) is 0. The Balaban J connectivity index is 1.75. The third kappa shape index (κ3) is 3.96. The molecule has 0 aromatic carbocycles. The van der Waals surface area contributed by atoms with Gasteiger partial charge < -0.3 is 5.32 Å². The molecule has 1 aliphatic rings. The average molecular weight is 284 g/mol. The lowest BCUT2D eigenvalue weighted by Crippen LogP contribution is -2.25. The first-order valence-corrected chi connectivity index (χ1v) is 8.08. The molecule has 0 bridgehead atoms. The van der Waals surface area contributed by atoms with Gasteiger partial charge in [-0.25, -0.2) is 0 Å². The zero-order chi connectivity index (χ0) is 13.7. The van der Waals surface area contributed by atoms with Crippen LogP contribution < -0.4 is 5.32 Å². The lowest BCUT2D eigenvalue weighted by molar-refractivity contribution is 0.393. The predicted molar refractivity (Wildman–Crippen MR) is 80.5 cm³/mol. The highest BCUT2D eigenvalue weighted by Crippen LogP contribution is 2.31. The summed E-state index contributed by atoms with van der Waals surface area (Å²) in [6, 6.07) is 2.61. The number of nitrogens with zero attached hydrogens (tertiary/aromatic N) is 2. The van der Waals surface area contributed by atoms with E-state index in [-0.39, 0.29) is 0 Å². The number of rotatable bonds is 7. The standard InChI is InChI=1S/C15H26ClN3/c1-3-12(2)19-8-7-15(18-19)11-17-10-14-6-4-5-13(14)9-16/h7-8,12-14,17H,3-6,9-11H2,1-2H3. The van der Waals surface area contributed by atoms with Crippen molar-refractivity contribution in [2.24, 2.45) is 11.8 Å². The van der Waals surface area contributed by atoms with Gasteiger partial charge in [-0.15, -0.1) is 11.6 Å². The van der Waals surface area contributed by atoms with Gasteiger partial charge in [0, 0.05) is 24.7 Å². The Kier molecular flexibility index (Phi) is 5.71. The maximum absolute atomic E-state index is 6.01. The number of hydrogen-bond donors (Lipinski definition) is 1. The Morgan fingerprint density at radius 3 is 3.00 bits per heavy atom. The zero-order valence-corrected chi connectivity index (χ0v) is 12.9. The molecule has 3 nitrogen and oxygen atoms in total. The van der Waals surface area contributed by atoms with Crippen molar-refractivity contribution in [3.05, 3.63) is 18.0 Å². The molecule has 3 atom stereocenters. The first-order valence-electron chi connectivity index (χ1n) is 7.55. The molecule has 1 aromatic rings. The summed E-state index contributed by atoms with van der Waals surface area (Å²) in [6.45, 7) is 6.34. The van der Waals surface area contributed by atoms with Crippen LogP contribution in [0.25, 0.3) is 0 Å². The molecule has 1 heterocycles. The average Bonchev–Trinajstić information content (AvgIpc) is 3.06. The van der Waals surface area contributed by atoms with Crippen LogP contribution in [0.3, 0.4) is 0 Å². The Labute approximate surface area is 121 Å². The second kappa shape index (κ2) is 7.30. The van der Waals surface area contributed by atoms with Gasteiger partial charge in [-0.2, -0.15) is 5.10 Å². The van der Waals surface area contributed by atoms with Crippen LogP contribution in [0.15, 0.2) is 12.3 Å². The number of halogens is 1. The van der Waals surface area contributed by atoms with E-state index < -0.39 is 0 Å². The molecular formula is C15H26ClN3. The van der Waals surface area contributed by atoms with Gasteiger partial charge >= 0.3 is 0 Å². The van der Waals surface area contributed by atoms with Gasteiger partial charge in [0.2, 0.25) is 0 Å². The van der Waals surface area contributed by atoms with Crippen molar-refractivity contribution in [3.63, 3.8) is 0 Å². The predicted octanol–water partition coefficient (Wildman–Crippen LogP) is 3.60. The molecule has 0 spiro atoms. The first kappa shape index (κ1) is 14.9. The summed E-state index contributed by atoms with van der Waals surface area (Å²) in [5.41, 5.74) is 1.14. The van der Waals surface area contributed by atoms with E-state index in [2.05, 4.69) is 41.2 Å². The van der Waals surface area contributed by atoms with Crippen molar-refractivity contribution < 1.29 is 0 Å². The maximum atomic E-state index is 6.01. The number of hydrogen-bond acceptors (Lipinski definition) is 2. The van der Waals surface area contributed by atoms with E-state index >= 15 is 0 Å². The monoisotopic (exact) mass is 283 g/mol. The number of nitrogens with one attached hydrogen (secondary N) is 1. The fourth-order valence-electron chi connectivity index (χ4n) is 2.88. The third-order valence-electron chi connectivity index (χ3n) is 4.43. The van der Waals surface area contributed by atoms with Gasteiger partial charge in [0.15, 0.2) is 0 Å². The van der Waals surface area contributed by atoms with E-state index in [0.717, 1.165) is 37.0 Å². The van der Waals surface area contributed by atoms with Crippen molar-refractivity contribution >= 4 is 11.6 Å². The van der Waals surface area contributed by atoms with Crippen LogP contribution in [0.4, 0.5) is 0 Å². The number of aromatic nitrogens is 2. The molecule has 1 aliphatic carbocycles. The molecule has 0 amide bonds. The van der Waals surface area contributed by atoms with Crippen LogP contribution in [0.2, 0.25) is 0 Å². The Hall–Kier alpha value is -0.540. The van der Waals surface area contributed by atoms with Crippen molar-refractivity contribution in [1.82, 2.24) is 15.1 Å². The fourth-order valence-corrected chi connectivity index (χ4v) is 3.28. The van der Waals surface area contributed by atoms with Crippen molar-refractivity contribution in [2.75, 3.05) is 12.4 Å². The lowest BCUT2D eigenvalue weighted by Gasteiger charge is -2.17. The molecule has 1 saturated carbocycles. The van der Waals surface area contributed by atoms with E-state index in [0.29, 0.717) is 12.0 Å². The van der Waals surface area contributed by atoms with E-state index in [1.165, 1.54) is 19.3 Å². The highest BCUT2D eigenvalue weighted by atomic mass is 35.5. The van der Waals surface area contributed by atoms with Gasteiger partial charge in [-0.3, -0.25) is 4.68 Å². The van der Waals surface area contributed by atoms with Crippen LogP contribution in [-0.2, 0) is 6.54 Å². The Morgan fingerprint density at radius 1 is 1.47 bits per heavy atom. The summed E-state index contributed by atoms with van der Waals surface area (Å²) >= 11 is 6.01. The maximum Gasteiger partial charge on any atom is 0.0762 e. The summed E-state index contributed by atoms with van der Waals surface area (Å²) in [5, 5.41) is 8.16. The van der Waals surface area contributed by atoms with E-state index in [9.17, 15) is 0 Å². The van der Waals surface area contributed by atoms with Crippen LogP contribution >= 0.6 is 11.6 Å². The molecule has 2 rings (SSSR count). The minimum absolute atomic E-state index is 0.490. The smallest absolute Gasteiger partial charge is 0.0762 e. The van der Waals surface area contributed by atoms with Gasteiger partial charge in [0.1, 0.15) is 0 Å². The second-order valence-electron chi connectivity index (χ2n) is 5.78. The molecule has 0 radical (unpaired) electrons. The molecule has 0 aliphatic heterocycles. The van der Waals surface area contributed by atoms with Crippen LogP contribution in [0.1, 0.15) is 51.3 Å². The summed E-state index contributed by atoms with van der Waals surface area (Å²) in [6.07, 6.45) is 7.17. The zero-order valence-electron chi connectivity index (χ0n) is 12.1. The van der Waals surface area contributed by atoms with Crippen molar-refractivity contribution in [1.29, 1.82) is 0 Å². The van der Waals surface area contributed by atoms with Crippen LogP contribution in [0.5, 0.6) is 0 Å². The molecule has 0 saturated heterocycles. The highest BCUT2D eigenvalue weighted by Gasteiger charge is 2.25. The van der Waals surface area contributed by atoms with Crippen molar-refractivity contribution in [2.45, 2.75) is 52.1 Å². The van der Waals surface area contributed by atoms with E-state index in [1.807, 2.05) is 0 Å². The number of alkyl halides is 1. The first-order chi connectivity index (χ1) is 9.24. The molecular weight excluding hydrogens is 258 g/mol. The van der Waals surface area contributed by atoms with Gasteiger partial charge in [0.25, 0.3) is 0 Å². The molecule has 3 unspecified atom stereocenters. The van der Waals surface area contributed by atoms with Crippen LogP contribution in [0, 0.1) is 11.8 Å². The molecule has 1 N–H and O–H groups in total. The molecule has 19 heavy (non-hydrogen) atoms.